The third kappa shape index (κ3) is 3.17. The van der Waals surface area contributed by atoms with E-state index in [0.29, 0.717) is 12.8 Å². The lowest BCUT2D eigenvalue weighted by Crippen LogP contribution is -2.64. The van der Waals surface area contributed by atoms with Gasteiger partial charge in [-0.1, -0.05) is 59.7 Å². The van der Waals surface area contributed by atoms with E-state index < -0.39 is 17.3 Å². The topological polar surface area (TPSA) is 58.9 Å². The van der Waals surface area contributed by atoms with Crippen molar-refractivity contribution >= 4 is 0 Å². The van der Waals surface area contributed by atoms with Gasteiger partial charge in [-0.2, -0.15) is 0 Å². The van der Waals surface area contributed by atoms with Gasteiger partial charge < -0.3 is 19.7 Å². The van der Waals surface area contributed by atoms with Gasteiger partial charge in [-0.25, -0.2) is 0 Å². The smallest absolute Gasteiger partial charge is 0.168 e. The first-order valence-corrected chi connectivity index (χ1v) is 9.41. The SMILES string of the molecule is COC1(OC)CC(c2ccccc2O)C(O)C(C(C)(C)C)(C(C)(C)C)C1. The molecule has 0 spiro atoms. The molecule has 1 saturated carbocycles. The molecule has 0 aromatic heterocycles. The molecule has 2 N–H and O–H groups in total. The van der Waals surface area contributed by atoms with Gasteiger partial charge in [0.25, 0.3) is 0 Å². The molecule has 1 aromatic carbocycles. The van der Waals surface area contributed by atoms with Crippen molar-refractivity contribution in [1.29, 1.82) is 0 Å². The Bertz CT molecular complexity index is 606. The van der Waals surface area contributed by atoms with Crippen LogP contribution in [0.4, 0.5) is 0 Å². The van der Waals surface area contributed by atoms with Crippen LogP contribution in [0.25, 0.3) is 0 Å². The molecule has 1 aliphatic rings. The van der Waals surface area contributed by atoms with Gasteiger partial charge in [0, 0.05) is 38.4 Å². The molecular weight excluding hydrogens is 328 g/mol. The number of rotatable bonds is 3. The monoisotopic (exact) mass is 364 g/mol. The van der Waals surface area contributed by atoms with E-state index in [9.17, 15) is 10.2 Å². The molecule has 0 bridgehead atoms. The Hall–Kier alpha value is -1.10. The Kier molecular flexibility index (Phi) is 5.55. The fourth-order valence-corrected chi connectivity index (χ4v) is 5.41. The number of phenolic OH excluding ortho intramolecular Hbond substituents is 1. The van der Waals surface area contributed by atoms with E-state index in [4.69, 9.17) is 9.47 Å². The molecule has 2 rings (SSSR count). The van der Waals surface area contributed by atoms with Crippen molar-refractivity contribution in [2.75, 3.05) is 14.2 Å². The van der Waals surface area contributed by atoms with Crippen LogP contribution in [0.1, 0.15) is 65.9 Å². The summed E-state index contributed by atoms with van der Waals surface area (Å²) in [5.74, 6) is -0.896. The Labute approximate surface area is 158 Å². The number of para-hydroxylation sites is 1. The Morgan fingerprint density at radius 2 is 1.46 bits per heavy atom. The molecule has 148 valence electrons. The molecule has 0 amide bonds. The highest BCUT2D eigenvalue weighted by molar-refractivity contribution is 5.37. The van der Waals surface area contributed by atoms with E-state index in [1.807, 2.05) is 12.1 Å². The van der Waals surface area contributed by atoms with Crippen LogP contribution in [-0.4, -0.2) is 36.3 Å². The van der Waals surface area contributed by atoms with Gasteiger partial charge in [-0.3, -0.25) is 0 Å². The second kappa shape index (κ2) is 6.81. The van der Waals surface area contributed by atoms with Crippen LogP contribution in [0.5, 0.6) is 5.75 Å². The average Bonchev–Trinajstić information content (AvgIpc) is 2.54. The number of ether oxygens (including phenoxy) is 2. The number of benzene rings is 1. The highest BCUT2D eigenvalue weighted by Crippen LogP contribution is 2.65. The van der Waals surface area contributed by atoms with Gasteiger partial charge in [0.05, 0.1) is 6.10 Å². The summed E-state index contributed by atoms with van der Waals surface area (Å²) in [6.45, 7) is 13.0. The van der Waals surface area contributed by atoms with Crippen LogP contribution < -0.4 is 0 Å². The third-order valence-electron chi connectivity index (χ3n) is 6.72. The molecule has 0 aliphatic heterocycles. The fourth-order valence-electron chi connectivity index (χ4n) is 5.41. The first-order chi connectivity index (χ1) is 11.9. The van der Waals surface area contributed by atoms with E-state index in [-0.39, 0.29) is 22.5 Å². The average molecular weight is 365 g/mol. The lowest BCUT2D eigenvalue weighted by atomic mass is 9.44. The molecule has 1 aromatic rings. The van der Waals surface area contributed by atoms with E-state index in [1.54, 1.807) is 26.4 Å². The highest BCUT2D eigenvalue weighted by Gasteiger charge is 2.64. The summed E-state index contributed by atoms with van der Waals surface area (Å²) >= 11 is 0. The summed E-state index contributed by atoms with van der Waals surface area (Å²) in [6, 6.07) is 7.26. The van der Waals surface area contributed by atoms with Gasteiger partial charge in [0.1, 0.15) is 5.75 Å². The van der Waals surface area contributed by atoms with Crippen molar-refractivity contribution in [3.8, 4) is 5.75 Å². The van der Waals surface area contributed by atoms with E-state index in [1.165, 1.54) is 0 Å². The van der Waals surface area contributed by atoms with Crippen LogP contribution in [0.15, 0.2) is 24.3 Å². The second-order valence-corrected chi connectivity index (χ2v) is 9.78. The van der Waals surface area contributed by atoms with Crippen LogP contribution in [0, 0.1) is 16.2 Å². The first-order valence-electron chi connectivity index (χ1n) is 9.41. The van der Waals surface area contributed by atoms with Gasteiger partial charge in [0.2, 0.25) is 0 Å². The number of phenols is 1. The second-order valence-electron chi connectivity index (χ2n) is 9.78. The highest BCUT2D eigenvalue weighted by atomic mass is 16.7. The molecule has 0 radical (unpaired) electrons. The van der Waals surface area contributed by atoms with Crippen molar-refractivity contribution < 1.29 is 19.7 Å². The molecule has 4 heteroatoms. The Balaban J connectivity index is 2.74. The van der Waals surface area contributed by atoms with E-state index in [2.05, 4.69) is 41.5 Å². The molecule has 2 unspecified atom stereocenters. The van der Waals surface area contributed by atoms with Crippen molar-refractivity contribution in [2.24, 2.45) is 16.2 Å². The van der Waals surface area contributed by atoms with Gasteiger partial charge in [-0.15, -0.1) is 0 Å². The Morgan fingerprint density at radius 3 is 1.88 bits per heavy atom. The zero-order chi connectivity index (χ0) is 20.0. The van der Waals surface area contributed by atoms with Crippen molar-refractivity contribution in [3.05, 3.63) is 29.8 Å². The lowest BCUT2D eigenvalue weighted by Gasteiger charge is -2.63. The van der Waals surface area contributed by atoms with Gasteiger partial charge in [-0.05, 0) is 22.5 Å². The number of methoxy groups -OCH3 is 2. The molecule has 4 nitrogen and oxygen atoms in total. The number of aromatic hydroxyl groups is 1. The van der Waals surface area contributed by atoms with E-state index >= 15 is 0 Å². The molecule has 0 saturated heterocycles. The normalized spacial score (nSPS) is 25.9. The zero-order valence-electron chi connectivity index (χ0n) is 17.6. The van der Waals surface area contributed by atoms with Crippen molar-refractivity contribution in [3.63, 3.8) is 0 Å². The lowest BCUT2D eigenvalue weighted by molar-refractivity contribution is -0.298. The van der Waals surface area contributed by atoms with E-state index in [0.717, 1.165) is 5.56 Å². The third-order valence-corrected chi connectivity index (χ3v) is 6.72. The summed E-state index contributed by atoms with van der Waals surface area (Å²) in [5.41, 5.74) is -0.167. The van der Waals surface area contributed by atoms with Gasteiger partial charge in [0.15, 0.2) is 5.79 Å². The predicted molar refractivity (Wildman–Crippen MR) is 104 cm³/mol. The Morgan fingerprint density at radius 1 is 0.962 bits per heavy atom. The van der Waals surface area contributed by atoms with Crippen LogP contribution in [-0.2, 0) is 9.47 Å². The maximum Gasteiger partial charge on any atom is 0.168 e. The quantitative estimate of drug-likeness (QED) is 0.764. The molecule has 26 heavy (non-hydrogen) atoms. The first kappa shape index (κ1) is 21.2. The molecule has 1 aliphatic carbocycles. The van der Waals surface area contributed by atoms with Gasteiger partial charge >= 0.3 is 0 Å². The minimum absolute atomic E-state index is 0.205. The maximum atomic E-state index is 11.7. The number of aliphatic hydroxyl groups is 1. The summed E-state index contributed by atoms with van der Waals surface area (Å²) in [5, 5.41) is 22.2. The standard InChI is InChI=1S/C22H36O4/c1-19(2,3)22(20(4,5)6)14-21(25-7,26-8)13-16(18(22)24)15-11-9-10-12-17(15)23/h9-12,16,18,23-24H,13-14H2,1-8H3. The zero-order valence-corrected chi connectivity index (χ0v) is 17.6. The summed E-state index contributed by atoms with van der Waals surface area (Å²) in [7, 11) is 3.33. The van der Waals surface area contributed by atoms with Crippen LogP contribution in [0.3, 0.4) is 0 Å². The summed E-state index contributed by atoms with van der Waals surface area (Å²) < 4.78 is 11.8. The number of hydrogen-bond donors (Lipinski definition) is 2. The minimum Gasteiger partial charge on any atom is -0.508 e. The fraction of sp³-hybridized carbons (Fsp3) is 0.727. The van der Waals surface area contributed by atoms with Crippen LogP contribution in [0.2, 0.25) is 0 Å². The van der Waals surface area contributed by atoms with Crippen molar-refractivity contribution in [2.45, 2.75) is 72.2 Å². The minimum atomic E-state index is -0.813. The van der Waals surface area contributed by atoms with Crippen molar-refractivity contribution in [1.82, 2.24) is 0 Å². The molecule has 0 heterocycles. The van der Waals surface area contributed by atoms with Crippen LogP contribution >= 0.6 is 0 Å². The molecule has 2 atom stereocenters. The maximum absolute atomic E-state index is 11.7. The molecule has 1 fully saturated rings. The molecular formula is C22H36O4. The number of hydrogen-bond acceptors (Lipinski definition) is 4. The largest absolute Gasteiger partial charge is 0.508 e. The summed E-state index contributed by atoms with van der Waals surface area (Å²) in [4.78, 5) is 0. The number of aliphatic hydroxyl groups excluding tert-OH is 1. The summed E-state index contributed by atoms with van der Waals surface area (Å²) in [6.07, 6.45) is 0.437. The predicted octanol–water partition coefficient (Wildman–Crippen LogP) is 4.70.